The summed E-state index contributed by atoms with van der Waals surface area (Å²) in [7, 11) is 1.64. The SMILES string of the molecule is CCCCCCc1sc(N)c(C(=O)NC)c1C. The number of hydrogen-bond acceptors (Lipinski definition) is 3. The number of rotatable bonds is 6. The smallest absolute Gasteiger partial charge is 0.254 e. The quantitative estimate of drug-likeness (QED) is 0.766. The molecule has 0 aromatic carbocycles. The fourth-order valence-electron chi connectivity index (χ4n) is 1.94. The Labute approximate surface area is 107 Å². The second-order valence-electron chi connectivity index (χ2n) is 4.28. The van der Waals surface area contributed by atoms with Gasteiger partial charge >= 0.3 is 0 Å². The number of carbonyl (C=O) groups is 1. The third-order valence-corrected chi connectivity index (χ3v) is 4.17. The van der Waals surface area contributed by atoms with Crippen molar-refractivity contribution in [2.24, 2.45) is 0 Å². The summed E-state index contributed by atoms with van der Waals surface area (Å²) < 4.78 is 0. The molecule has 0 radical (unpaired) electrons. The van der Waals surface area contributed by atoms with E-state index in [9.17, 15) is 4.79 Å². The van der Waals surface area contributed by atoms with Gasteiger partial charge in [0.05, 0.1) is 10.6 Å². The van der Waals surface area contributed by atoms with Crippen LogP contribution in [0.15, 0.2) is 0 Å². The lowest BCUT2D eigenvalue weighted by Gasteiger charge is -2.02. The maximum Gasteiger partial charge on any atom is 0.254 e. The number of unbranched alkanes of at least 4 members (excludes halogenated alkanes) is 3. The van der Waals surface area contributed by atoms with Gasteiger partial charge in [-0.3, -0.25) is 4.79 Å². The van der Waals surface area contributed by atoms with E-state index >= 15 is 0 Å². The second-order valence-corrected chi connectivity index (χ2v) is 5.42. The first-order chi connectivity index (χ1) is 8.11. The molecule has 0 spiro atoms. The first-order valence-electron chi connectivity index (χ1n) is 6.21. The van der Waals surface area contributed by atoms with Crippen LogP contribution in [0.25, 0.3) is 0 Å². The molecule has 3 N–H and O–H groups in total. The van der Waals surface area contributed by atoms with Crippen LogP contribution in [0.1, 0.15) is 53.4 Å². The molecule has 4 heteroatoms. The minimum atomic E-state index is -0.0731. The maximum absolute atomic E-state index is 11.7. The molecule has 3 nitrogen and oxygen atoms in total. The van der Waals surface area contributed by atoms with E-state index in [-0.39, 0.29) is 5.91 Å². The number of thiophene rings is 1. The molecule has 1 amide bonds. The van der Waals surface area contributed by atoms with E-state index in [1.54, 1.807) is 18.4 Å². The Morgan fingerprint density at radius 2 is 2.06 bits per heavy atom. The number of aryl methyl sites for hydroxylation is 1. The number of nitrogen functional groups attached to an aromatic ring is 1. The summed E-state index contributed by atoms with van der Waals surface area (Å²) in [5.74, 6) is -0.0731. The summed E-state index contributed by atoms with van der Waals surface area (Å²) in [5.41, 5.74) is 7.63. The van der Waals surface area contributed by atoms with Crippen molar-refractivity contribution in [1.82, 2.24) is 5.32 Å². The molecule has 0 aliphatic heterocycles. The van der Waals surface area contributed by atoms with Crippen molar-refractivity contribution in [3.8, 4) is 0 Å². The molecule has 0 saturated carbocycles. The van der Waals surface area contributed by atoms with E-state index in [1.165, 1.54) is 30.6 Å². The van der Waals surface area contributed by atoms with Crippen LogP contribution in [0, 0.1) is 6.92 Å². The van der Waals surface area contributed by atoms with Gasteiger partial charge in [-0.15, -0.1) is 11.3 Å². The molecule has 17 heavy (non-hydrogen) atoms. The third-order valence-electron chi connectivity index (χ3n) is 2.98. The Hall–Kier alpha value is -1.03. The number of carbonyl (C=O) groups excluding carboxylic acids is 1. The minimum Gasteiger partial charge on any atom is -0.390 e. The monoisotopic (exact) mass is 254 g/mol. The highest BCUT2D eigenvalue weighted by atomic mass is 32.1. The van der Waals surface area contributed by atoms with Crippen molar-refractivity contribution in [3.63, 3.8) is 0 Å². The molecule has 0 atom stereocenters. The summed E-state index contributed by atoms with van der Waals surface area (Å²) in [6, 6.07) is 0. The molecular formula is C13H22N2OS. The van der Waals surface area contributed by atoms with E-state index in [1.807, 2.05) is 6.92 Å². The van der Waals surface area contributed by atoms with Gasteiger partial charge in [0.1, 0.15) is 0 Å². The molecule has 0 aliphatic rings. The summed E-state index contributed by atoms with van der Waals surface area (Å²) in [6.45, 7) is 4.20. The van der Waals surface area contributed by atoms with E-state index in [4.69, 9.17) is 5.73 Å². The zero-order valence-electron chi connectivity index (χ0n) is 10.9. The first-order valence-corrected chi connectivity index (χ1v) is 7.03. The van der Waals surface area contributed by atoms with Crippen molar-refractivity contribution < 1.29 is 4.79 Å². The van der Waals surface area contributed by atoms with Gasteiger partial charge in [0, 0.05) is 11.9 Å². The standard InChI is InChI=1S/C13H22N2OS/c1-4-5-6-7-8-10-9(2)11(12(14)17-10)13(16)15-3/h4-8,14H2,1-3H3,(H,15,16). The largest absolute Gasteiger partial charge is 0.390 e. The van der Waals surface area contributed by atoms with Gasteiger partial charge in [0.2, 0.25) is 0 Å². The highest BCUT2D eigenvalue weighted by molar-refractivity contribution is 7.16. The van der Waals surface area contributed by atoms with Gasteiger partial charge in [-0.25, -0.2) is 0 Å². The fourth-order valence-corrected chi connectivity index (χ4v) is 3.06. The lowest BCUT2D eigenvalue weighted by Crippen LogP contribution is -2.19. The van der Waals surface area contributed by atoms with Gasteiger partial charge in [-0.1, -0.05) is 26.2 Å². The molecule has 1 heterocycles. The molecular weight excluding hydrogens is 232 g/mol. The fraction of sp³-hybridized carbons (Fsp3) is 0.615. The number of hydrogen-bond donors (Lipinski definition) is 2. The summed E-state index contributed by atoms with van der Waals surface area (Å²) in [6.07, 6.45) is 6.00. The number of nitrogens with one attached hydrogen (secondary N) is 1. The summed E-state index contributed by atoms with van der Waals surface area (Å²) in [4.78, 5) is 12.9. The van der Waals surface area contributed by atoms with Crippen LogP contribution < -0.4 is 11.1 Å². The van der Waals surface area contributed by atoms with Gasteiger partial charge in [0.15, 0.2) is 0 Å². The average Bonchev–Trinajstić information content (AvgIpc) is 2.59. The van der Waals surface area contributed by atoms with Crippen LogP contribution in [0.3, 0.4) is 0 Å². The molecule has 96 valence electrons. The second kappa shape index (κ2) is 6.64. The molecule has 0 fully saturated rings. The van der Waals surface area contributed by atoms with E-state index in [2.05, 4.69) is 12.2 Å². The lowest BCUT2D eigenvalue weighted by atomic mass is 10.1. The Morgan fingerprint density at radius 3 is 2.65 bits per heavy atom. The normalized spacial score (nSPS) is 10.5. The molecule has 0 saturated heterocycles. The summed E-state index contributed by atoms with van der Waals surface area (Å²) >= 11 is 1.56. The van der Waals surface area contributed by atoms with Crippen LogP contribution in [-0.2, 0) is 6.42 Å². The van der Waals surface area contributed by atoms with Gasteiger partial charge in [-0.2, -0.15) is 0 Å². The van der Waals surface area contributed by atoms with Crippen molar-refractivity contribution in [1.29, 1.82) is 0 Å². The van der Waals surface area contributed by atoms with Crippen molar-refractivity contribution >= 4 is 22.2 Å². The van der Waals surface area contributed by atoms with Crippen LogP contribution in [0.4, 0.5) is 5.00 Å². The number of amides is 1. The van der Waals surface area contributed by atoms with Gasteiger partial charge < -0.3 is 11.1 Å². The van der Waals surface area contributed by atoms with Gasteiger partial charge in [0.25, 0.3) is 5.91 Å². The van der Waals surface area contributed by atoms with Crippen LogP contribution in [0.2, 0.25) is 0 Å². The Balaban J connectivity index is 2.71. The molecule has 0 bridgehead atoms. The highest BCUT2D eigenvalue weighted by Gasteiger charge is 2.17. The first kappa shape index (κ1) is 14.0. The predicted molar refractivity (Wildman–Crippen MR) is 74.7 cm³/mol. The van der Waals surface area contributed by atoms with E-state index < -0.39 is 0 Å². The number of nitrogens with two attached hydrogens (primary N) is 1. The molecule has 1 aromatic rings. The van der Waals surface area contributed by atoms with Crippen molar-refractivity contribution in [2.75, 3.05) is 12.8 Å². The lowest BCUT2D eigenvalue weighted by molar-refractivity contribution is 0.0963. The average molecular weight is 254 g/mol. The van der Waals surface area contributed by atoms with Crippen LogP contribution in [-0.4, -0.2) is 13.0 Å². The summed E-state index contributed by atoms with van der Waals surface area (Å²) in [5, 5.41) is 3.29. The van der Waals surface area contributed by atoms with Crippen LogP contribution >= 0.6 is 11.3 Å². The Morgan fingerprint density at radius 1 is 1.35 bits per heavy atom. The highest BCUT2D eigenvalue weighted by Crippen LogP contribution is 2.31. The molecule has 0 unspecified atom stereocenters. The zero-order valence-corrected chi connectivity index (χ0v) is 11.7. The van der Waals surface area contributed by atoms with Gasteiger partial charge in [-0.05, 0) is 25.3 Å². The minimum absolute atomic E-state index is 0.0731. The van der Waals surface area contributed by atoms with Crippen LogP contribution in [0.5, 0.6) is 0 Å². The Kier molecular flexibility index (Phi) is 5.48. The Bertz CT molecular complexity index is 385. The number of anilines is 1. The molecule has 1 aromatic heterocycles. The van der Waals surface area contributed by atoms with E-state index in [0.717, 1.165) is 12.0 Å². The topological polar surface area (TPSA) is 55.1 Å². The van der Waals surface area contributed by atoms with E-state index in [0.29, 0.717) is 10.6 Å². The zero-order chi connectivity index (χ0) is 12.8. The predicted octanol–water partition coefficient (Wildman–Crippen LogP) is 3.12. The third kappa shape index (κ3) is 3.46. The molecule has 1 rings (SSSR count). The molecule has 0 aliphatic carbocycles. The van der Waals surface area contributed by atoms with Crippen molar-refractivity contribution in [2.45, 2.75) is 46.0 Å². The maximum atomic E-state index is 11.7. The van der Waals surface area contributed by atoms with Crippen molar-refractivity contribution in [3.05, 3.63) is 16.0 Å².